The highest BCUT2D eigenvalue weighted by Gasteiger charge is 2.18. The second kappa shape index (κ2) is 26.5. The molecule has 0 fully saturated rings. The molecule has 0 aromatic rings. The maximum Gasteiger partial charge on any atom is 0.326 e. The summed E-state index contributed by atoms with van der Waals surface area (Å²) in [5.41, 5.74) is 5.42. The van der Waals surface area contributed by atoms with Crippen molar-refractivity contribution >= 4 is 11.9 Å². The largest absolute Gasteiger partial charge is 0.480 e. The lowest BCUT2D eigenvalue weighted by molar-refractivity contribution is -0.142. The number of aliphatic carboxylic acids is 1. The Morgan fingerprint density at radius 1 is 0.618 bits per heavy atom. The van der Waals surface area contributed by atoms with Gasteiger partial charge in [0, 0.05) is 6.42 Å². The van der Waals surface area contributed by atoms with Crippen molar-refractivity contribution in [3.05, 3.63) is 0 Å². The second-order valence-electron chi connectivity index (χ2n) is 10.2. The molecule has 0 radical (unpaired) electrons. The highest BCUT2D eigenvalue weighted by atomic mass is 16.4. The molecule has 1 atom stereocenters. The Balaban J connectivity index is 3.28. The summed E-state index contributed by atoms with van der Waals surface area (Å²) in [7, 11) is 0. The van der Waals surface area contributed by atoms with Crippen molar-refractivity contribution in [2.75, 3.05) is 6.54 Å². The molecular weight excluding hydrogens is 424 g/mol. The molecule has 0 aromatic heterocycles. The third-order valence-corrected chi connectivity index (χ3v) is 6.84. The molecule has 0 heterocycles. The molecule has 0 aliphatic carbocycles. The van der Waals surface area contributed by atoms with Crippen molar-refractivity contribution in [1.29, 1.82) is 0 Å². The number of carboxylic acid groups (broad SMARTS) is 1. The summed E-state index contributed by atoms with van der Waals surface area (Å²) >= 11 is 0. The Bertz CT molecular complexity index is 457. The molecule has 4 N–H and O–H groups in total. The van der Waals surface area contributed by atoms with E-state index in [1.165, 1.54) is 122 Å². The number of nitrogens with two attached hydrogens (primary N) is 1. The molecular formula is C29H58N2O3. The van der Waals surface area contributed by atoms with Crippen LogP contribution in [0.4, 0.5) is 0 Å². The zero-order valence-corrected chi connectivity index (χ0v) is 22.6. The van der Waals surface area contributed by atoms with E-state index in [2.05, 4.69) is 12.2 Å². The summed E-state index contributed by atoms with van der Waals surface area (Å²) in [6.45, 7) is 2.73. The maximum absolute atomic E-state index is 11.9. The molecule has 5 heteroatoms. The number of carbonyl (C=O) groups is 2. The second-order valence-corrected chi connectivity index (χ2v) is 10.2. The molecule has 0 aromatic carbocycles. The van der Waals surface area contributed by atoms with Crippen molar-refractivity contribution in [2.24, 2.45) is 5.73 Å². The molecule has 0 unspecified atom stereocenters. The zero-order chi connectivity index (χ0) is 25.1. The minimum absolute atomic E-state index is 0.151. The minimum Gasteiger partial charge on any atom is -0.480 e. The SMILES string of the molecule is CCCCCCCCCCCCCCCCCCCCCCCC(=O)N[C@@H](CCCN)C(=O)O. The number of nitrogens with one attached hydrogen (secondary N) is 1. The lowest BCUT2D eigenvalue weighted by atomic mass is 10.0. The molecule has 0 saturated heterocycles. The van der Waals surface area contributed by atoms with Crippen molar-refractivity contribution in [1.82, 2.24) is 5.32 Å². The predicted octanol–water partition coefficient (Wildman–Crippen LogP) is 7.90. The van der Waals surface area contributed by atoms with Crippen LogP contribution in [0, 0.1) is 0 Å². The summed E-state index contributed by atoms with van der Waals surface area (Å²) in [5, 5.41) is 11.8. The van der Waals surface area contributed by atoms with Gasteiger partial charge in [-0.25, -0.2) is 4.79 Å². The van der Waals surface area contributed by atoms with Crippen molar-refractivity contribution in [2.45, 2.75) is 167 Å². The van der Waals surface area contributed by atoms with Gasteiger partial charge in [-0.2, -0.15) is 0 Å². The molecule has 0 bridgehead atoms. The van der Waals surface area contributed by atoms with Crippen molar-refractivity contribution < 1.29 is 14.7 Å². The number of rotatable bonds is 27. The van der Waals surface area contributed by atoms with E-state index in [0.717, 1.165) is 12.8 Å². The van der Waals surface area contributed by atoms with Crippen LogP contribution in [0.2, 0.25) is 0 Å². The summed E-state index contributed by atoms with van der Waals surface area (Å²) in [4.78, 5) is 23.1. The van der Waals surface area contributed by atoms with Gasteiger partial charge in [0.15, 0.2) is 0 Å². The fourth-order valence-electron chi connectivity index (χ4n) is 4.56. The molecule has 0 spiro atoms. The molecule has 5 nitrogen and oxygen atoms in total. The van der Waals surface area contributed by atoms with E-state index in [1.54, 1.807) is 0 Å². The van der Waals surface area contributed by atoms with E-state index < -0.39 is 12.0 Å². The van der Waals surface area contributed by atoms with Gasteiger partial charge < -0.3 is 16.2 Å². The van der Waals surface area contributed by atoms with E-state index in [4.69, 9.17) is 10.8 Å². The number of hydrogen-bond donors (Lipinski definition) is 3. The lowest BCUT2D eigenvalue weighted by Gasteiger charge is -2.13. The summed E-state index contributed by atoms with van der Waals surface area (Å²) < 4.78 is 0. The van der Waals surface area contributed by atoms with Crippen LogP contribution in [-0.2, 0) is 9.59 Å². The first-order valence-electron chi connectivity index (χ1n) is 14.8. The molecule has 0 aliphatic heterocycles. The van der Waals surface area contributed by atoms with Gasteiger partial charge in [0.2, 0.25) is 5.91 Å². The van der Waals surface area contributed by atoms with Crippen LogP contribution in [0.25, 0.3) is 0 Å². The van der Waals surface area contributed by atoms with Crippen molar-refractivity contribution in [3.63, 3.8) is 0 Å². The lowest BCUT2D eigenvalue weighted by Crippen LogP contribution is -2.40. The van der Waals surface area contributed by atoms with Gasteiger partial charge in [-0.05, 0) is 25.8 Å². The molecule has 1 amide bonds. The quantitative estimate of drug-likeness (QED) is 0.104. The van der Waals surface area contributed by atoms with E-state index in [0.29, 0.717) is 25.8 Å². The Labute approximate surface area is 211 Å². The summed E-state index contributed by atoms with van der Waals surface area (Å²) in [5.74, 6) is -1.12. The fraction of sp³-hybridized carbons (Fsp3) is 0.931. The van der Waals surface area contributed by atoms with Gasteiger partial charge in [0.1, 0.15) is 6.04 Å². The van der Waals surface area contributed by atoms with Crippen LogP contribution < -0.4 is 11.1 Å². The minimum atomic E-state index is -0.972. The molecule has 0 aliphatic rings. The van der Waals surface area contributed by atoms with Gasteiger partial charge in [-0.1, -0.05) is 135 Å². The third-order valence-electron chi connectivity index (χ3n) is 6.84. The van der Waals surface area contributed by atoms with E-state index in [1.807, 2.05) is 0 Å². The Morgan fingerprint density at radius 3 is 1.29 bits per heavy atom. The van der Waals surface area contributed by atoms with Gasteiger partial charge in [-0.3, -0.25) is 4.79 Å². The normalized spacial score (nSPS) is 12.1. The molecule has 0 rings (SSSR count). The molecule has 34 heavy (non-hydrogen) atoms. The third kappa shape index (κ3) is 24.0. The Hall–Kier alpha value is -1.10. The van der Waals surface area contributed by atoms with Gasteiger partial charge in [-0.15, -0.1) is 0 Å². The number of carbonyl (C=O) groups excluding carboxylic acids is 1. The molecule has 202 valence electrons. The average molecular weight is 483 g/mol. The van der Waals surface area contributed by atoms with Crippen LogP contribution in [0.15, 0.2) is 0 Å². The Morgan fingerprint density at radius 2 is 0.971 bits per heavy atom. The maximum atomic E-state index is 11.9. The number of unbranched alkanes of at least 4 members (excludes halogenated alkanes) is 20. The van der Waals surface area contributed by atoms with E-state index in [9.17, 15) is 9.59 Å². The Kier molecular flexibility index (Phi) is 25.6. The fourth-order valence-corrected chi connectivity index (χ4v) is 4.56. The van der Waals surface area contributed by atoms with Gasteiger partial charge in [0.05, 0.1) is 0 Å². The zero-order valence-electron chi connectivity index (χ0n) is 22.6. The van der Waals surface area contributed by atoms with E-state index in [-0.39, 0.29) is 5.91 Å². The number of hydrogen-bond acceptors (Lipinski definition) is 3. The smallest absolute Gasteiger partial charge is 0.326 e. The van der Waals surface area contributed by atoms with Gasteiger partial charge >= 0.3 is 5.97 Å². The number of carboxylic acids is 1. The van der Waals surface area contributed by atoms with Gasteiger partial charge in [0.25, 0.3) is 0 Å². The summed E-state index contributed by atoms with van der Waals surface area (Å²) in [6.07, 6.45) is 29.6. The number of amides is 1. The monoisotopic (exact) mass is 482 g/mol. The van der Waals surface area contributed by atoms with Crippen LogP contribution >= 0.6 is 0 Å². The van der Waals surface area contributed by atoms with E-state index >= 15 is 0 Å². The molecule has 0 saturated carbocycles. The first-order valence-corrected chi connectivity index (χ1v) is 14.8. The van der Waals surface area contributed by atoms with Crippen LogP contribution in [0.5, 0.6) is 0 Å². The van der Waals surface area contributed by atoms with Crippen LogP contribution in [0.3, 0.4) is 0 Å². The van der Waals surface area contributed by atoms with Crippen LogP contribution in [0.1, 0.15) is 161 Å². The predicted molar refractivity (Wildman–Crippen MR) is 145 cm³/mol. The first kappa shape index (κ1) is 32.9. The standard InChI is InChI=1S/C29H58N2O3/c1-2-3-4-5-6-7-8-9-10-11-12-13-14-15-16-17-18-19-20-21-22-25-28(32)31-27(29(33)34)24-23-26-30/h27H,2-26,30H2,1H3,(H,31,32)(H,33,34)/t27-/m0/s1. The summed E-state index contributed by atoms with van der Waals surface area (Å²) in [6, 6.07) is -0.800. The van der Waals surface area contributed by atoms with Crippen LogP contribution in [-0.4, -0.2) is 29.6 Å². The highest BCUT2D eigenvalue weighted by molar-refractivity contribution is 5.83. The topological polar surface area (TPSA) is 92.4 Å². The highest BCUT2D eigenvalue weighted by Crippen LogP contribution is 2.15. The first-order chi connectivity index (χ1) is 16.6. The van der Waals surface area contributed by atoms with Crippen molar-refractivity contribution in [3.8, 4) is 0 Å². The average Bonchev–Trinajstić information content (AvgIpc) is 2.82.